The SMILES string of the molecule is CCCNCc1csc(N2CCC(N(C)C)C2)n1. The molecular formula is C13H24N4S. The van der Waals surface area contributed by atoms with Crippen LogP contribution in [-0.4, -0.2) is 49.7 Å². The van der Waals surface area contributed by atoms with Gasteiger partial charge in [-0.15, -0.1) is 11.3 Å². The maximum atomic E-state index is 4.72. The van der Waals surface area contributed by atoms with Gasteiger partial charge < -0.3 is 15.1 Å². The summed E-state index contributed by atoms with van der Waals surface area (Å²) in [6, 6.07) is 0.676. The average Bonchev–Trinajstić information content (AvgIpc) is 2.97. The van der Waals surface area contributed by atoms with E-state index < -0.39 is 0 Å². The zero-order chi connectivity index (χ0) is 13.0. The van der Waals surface area contributed by atoms with Crippen LogP contribution in [0.1, 0.15) is 25.5 Å². The monoisotopic (exact) mass is 268 g/mol. The Morgan fingerprint density at radius 2 is 2.39 bits per heavy atom. The third kappa shape index (κ3) is 3.43. The fourth-order valence-electron chi connectivity index (χ4n) is 2.25. The minimum Gasteiger partial charge on any atom is -0.346 e. The molecule has 0 saturated carbocycles. The molecule has 102 valence electrons. The summed E-state index contributed by atoms with van der Waals surface area (Å²) in [6.07, 6.45) is 2.42. The molecule has 1 saturated heterocycles. The number of rotatable bonds is 6. The van der Waals surface area contributed by atoms with Crippen molar-refractivity contribution < 1.29 is 0 Å². The number of aromatic nitrogens is 1. The van der Waals surface area contributed by atoms with Crippen molar-refractivity contribution >= 4 is 16.5 Å². The molecule has 0 radical (unpaired) electrons. The number of anilines is 1. The Labute approximate surface area is 114 Å². The number of nitrogens with one attached hydrogen (secondary N) is 1. The lowest BCUT2D eigenvalue weighted by Gasteiger charge is -2.19. The van der Waals surface area contributed by atoms with E-state index in [2.05, 4.69) is 41.5 Å². The topological polar surface area (TPSA) is 31.4 Å². The quantitative estimate of drug-likeness (QED) is 0.797. The van der Waals surface area contributed by atoms with Gasteiger partial charge in [-0.25, -0.2) is 4.98 Å². The fraction of sp³-hybridized carbons (Fsp3) is 0.769. The third-order valence-corrected chi connectivity index (χ3v) is 4.39. The molecule has 0 aliphatic carbocycles. The number of likely N-dealkylation sites (N-methyl/N-ethyl adjacent to an activating group) is 1. The van der Waals surface area contributed by atoms with Crippen molar-refractivity contribution in [3.63, 3.8) is 0 Å². The molecule has 2 rings (SSSR count). The van der Waals surface area contributed by atoms with E-state index in [0.29, 0.717) is 6.04 Å². The minimum atomic E-state index is 0.676. The molecule has 0 spiro atoms. The van der Waals surface area contributed by atoms with Crippen LogP contribution in [0.5, 0.6) is 0 Å². The lowest BCUT2D eigenvalue weighted by Crippen LogP contribution is -2.31. The van der Waals surface area contributed by atoms with Gasteiger partial charge in [0.1, 0.15) is 0 Å². The molecule has 1 aliphatic heterocycles. The van der Waals surface area contributed by atoms with Crippen LogP contribution in [0.2, 0.25) is 0 Å². The highest BCUT2D eigenvalue weighted by Crippen LogP contribution is 2.25. The Morgan fingerprint density at radius 1 is 1.56 bits per heavy atom. The molecule has 1 aromatic rings. The molecule has 18 heavy (non-hydrogen) atoms. The van der Waals surface area contributed by atoms with Gasteiger partial charge in [0, 0.05) is 31.1 Å². The average molecular weight is 268 g/mol. The first-order valence-corrected chi connectivity index (χ1v) is 7.65. The Hall–Kier alpha value is -0.650. The van der Waals surface area contributed by atoms with Crippen molar-refractivity contribution in [2.45, 2.75) is 32.4 Å². The van der Waals surface area contributed by atoms with E-state index in [1.807, 2.05) is 0 Å². The van der Waals surface area contributed by atoms with Crippen molar-refractivity contribution in [1.82, 2.24) is 15.2 Å². The Bertz CT molecular complexity index is 364. The maximum absolute atomic E-state index is 4.72. The van der Waals surface area contributed by atoms with Gasteiger partial charge in [-0.05, 0) is 33.5 Å². The second-order valence-corrected chi connectivity index (χ2v) is 5.99. The predicted octanol–water partition coefficient (Wildman–Crippen LogP) is 1.78. The normalized spacial score (nSPS) is 20.0. The number of thiazole rings is 1. The maximum Gasteiger partial charge on any atom is 0.185 e. The minimum absolute atomic E-state index is 0.676. The van der Waals surface area contributed by atoms with E-state index in [4.69, 9.17) is 4.98 Å². The van der Waals surface area contributed by atoms with Crippen molar-refractivity contribution in [3.05, 3.63) is 11.1 Å². The van der Waals surface area contributed by atoms with E-state index in [0.717, 1.165) is 26.2 Å². The number of hydrogen-bond acceptors (Lipinski definition) is 5. The molecule has 0 bridgehead atoms. The number of hydrogen-bond donors (Lipinski definition) is 1. The van der Waals surface area contributed by atoms with Gasteiger partial charge >= 0.3 is 0 Å². The summed E-state index contributed by atoms with van der Waals surface area (Å²) in [5, 5.41) is 6.77. The van der Waals surface area contributed by atoms with Crippen molar-refractivity contribution in [3.8, 4) is 0 Å². The Kier molecular flexibility index (Phi) is 4.97. The summed E-state index contributed by atoms with van der Waals surface area (Å²) in [4.78, 5) is 9.45. The molecule has 5 heteroatoms. The molecule has 2 heterocycles. The Morgan fingerprint density at radius 3 is 3.06 bits per heavy atom. The van der Waals surface area contributed by atoms with Crippen LogP contribution in [0.4, 0.5) is 5.13 Å². The van der Waals surface area contributed by atoms with Gasteiger partial charge in [-0.1, -0.05) is 6.92 Å². The fourth-order valence-corrected chi connectivity index (χ4v) is 3.12. The first-order valence-electron chi connectivity index (χ1n) is 6.77. The molecule has 1 N–H and O–H groups in total. The lowest BCUT2D eigenvalue weighted by molar-refractivity contribution is 0.315. The van der Waals surface area contributed by atoms with Crippen LogP contribution in [0, 0.1) is 0 Å². The van der Waals surface area contributed by atoms with Crippen LogP contribution in [0.3, 0.4) is 0 Å². The molecular weight excluding hydrogens is 244 g/mol. The highest BCUT2D eigenvalue weighted by molar-refractivity contribution is 7.13. The molecule has 1 aromatic heterocycles. The molecule has 1 aliphatic rings. The molecule has 4 nitrogen and oxygen atoms in total. The Balaban J connectivity index is 1.86. The van der Waals surface area contributed by atoms with Gasteiger partial charge in [0.05, 0.1) is 5.69 Å². The van der Waals surface area contributed by atoms with Crippen molar-refractivity contribution in [1.29, 1.82) is 0 Å². The highest BCUT2D eigenvalue weighted by atomic mass is 32.1. The van der Waals surface area contributed by atoms with Gasteiger partial charge in [-0.3, -0.25) is 0 Å². The second-order valence-electron chi connectivity index (χ2n) is 5.15. The van der Waals surface area contributed by atoms with E-state index in [1.54, 1.807) is 11.3 Å². The summed E-state index contributed by atoms with van der Waals surface area (Å²) >= 11 is 1.77. The lowest BCUT2D eigenvalue weighted by atomic mass is 10.2. The van der Waals surface area contributed by atoms with E-state index >= 15 is 0 Å². The number of nitrogens with zero attached hydrogens (tertiary/aromatic N) is 3. The molecule has 1 atom stereocenters. The van der Waals surface area contributed by atoms with Crippen LogP contribution in [0.15, 0.2) is 5.38 Å². The van der Waals surface area contributed by atoms with Gasteiger partial charge in [0.2, 0.25) is 0 Å². The van der Waals surface area contributed by atoms with Crippen LogP contribution < -0.4 is 10.2 Å². The van der Waals surface area contributed by atoms with Crippen LogP contribution in [0.25, 0.3) is 0 Å². The van der Waals surface area contributed by atoms with Crippen LogP contribution in [-0.2, 0) is 6.54 Å². The third-order valence-electron chi connectivity index (χ3n) is 3.44. The molecule has 0 aromatic carbocycles. The highest BCUT2D eigenvalue weighted by Gasteiger charge is 2.25. The van der Waals surface area contributed by atoms with E-state index in [1.165, 1.54) is 23.7 Å². The van der Waals surface area contributed by atoms with Gasteiger partial charge in [0.15, 0.2) is 5.13 Å². The standard InChI is InChI=1S/C13H24N4S/c1-4-6-14-8-11-10-18-13(15-11)17-7-5-12(9-17)16(2)3/h10,12,14H,4-9H2,1-3H3. The van der Waals surface area contributed by atoms with Crippen molar-refractivity contribution in [2.75, 3.05) is 38.6 Å². The summed E-state index contributed by atoms with van der Waals surface area (Å²) in [5.41, 5.74) is 1.18. The molecule has 0 amide bonds. The van der Waals surface area contributed by atoms with Crippen molar-refractivity contribution in [2.24, 2.45) is 0 Å². The van der Waals surface area contributed by atoms with E-state index in [-0.39, 0.29) is 0 Å². The zero-order valence-electron chi connectivity index (χ0n) is 11.6. The first kappa shape index (κ1) is 13.8. The first-order chi connectivity index (χ1) is 8.70. The van der Waals surface area contributed by atoms with Gasteiger partial charge in [0.25, 0.3) is 0 Å². The molecule has 1 fully saturated rings. The summed E-state index contributed by atoms with van der Waals surface area (Å²) in [7, 11) is 4.33. The summed E-state index contributed by atoms with van der Waals surface area (Å²) in [6.45, 7) is 6.40. The summed E-state index contributed by atoms with van der Waals surface area (Å²) in [5.74, 6) is 0. The smallest absolute Gasteiger partial charge is 0.185 e. The largest absolute Gasteiger partial charge is 0.346 e. The van der Waals surface area contributed by atoms with E-state index in [9.17, 15) is 0 Å². The van der Waals surface area contributed by atoms with Gasteiger partial charge in [-0.2, -0.15) is 0 Å². The predicted molar refractivity (Wildman–Crippen MR) is 78.4 cm³/mol. The summed E-state index contributed by atoms with van der Waals surface area (Å²) < 4.78 is 0. The second kappa shape index (κ2) is 6.50. The van der Waals surface area contributed by atoms with Crippen LogP contribution >= 0.6 is 11.3 Å². The molecule has 1 unspecified atom stereocenters. The zero-order valence-corrected chi connectivity index (χ0v) is 12.5.